The topological polar surface area (TPSA) is 142 Å². The first-order valence-corrected chi connectivity index (χ1v) is 6.64. The van der Waals surface area contributed by atoms with Crippen molar-refractivity contribution in [3.63, 3.8) is 0 Å². The number of aliphatic hydroxyl groups excluding tert-OH is 1. The van der Waals surface area contributed by atoms with Crippen LogP contribution in [-0.4, -0.2) is 33.7 Å². The van der Waals surface area contributed by atoms with E-state index in [9.17, 15) is 29.9 Å². The molecular weight excluding hydrogens is 308 g/mol. The second-order valence-corrected chi connectivity index (χ2v) is 5.74. The van der Waals surface area contributed by atoms with Gasteiger partial charge in [-0.2, -0.15) is 0 Å². The van der Waals surface area contributed by atoms with Gasteiger partial charge in [0.25, 0.3) is 5.69 Å². The van der Waals surface area contributed by atoms with Crippen LogP contribution in [0.25, 0.3) is 0 Å². The molecule has 0 unspecified atom stereocenters. The van der Waals surface area contributed by atoms with E-state index in [-0.39, 0.29) is 11.3 Å². The summed E-state index contributed by atoms with van der Waals surface area (Å²) in [6, 6.07) is 2.95. The van der Waals surface area contributed by atoms with Gasteiger partial charge in [-0.1, -0.05) is 12.1 Å². The molecule has 0 saturated carbocycles. The average molecular weight is 325 g/mol. The molecule has 0 heterocycles. The lowest BCUT2D eigenvalue weighted by molar-refractivity contribution is -0.385. The Kier molecular flexibility index (Phi) is 5.63. The van der Waals surface area contributed by atoms with E-state index in [0.29, 0.717) is 0 Å². The summed E-state index contributed by atoms with van der Waals surface area (Å²) in [6.45, 7) is 4.74. The lowest BCUT2D eigenvalue weighted by atomic mass is 10.0. The Morgan fingerprint density at radius 1 is 1.35 bits per heavy atom. The monoisotopic (exact) mass is 325 g/mol. The number of hydrogen-bond acceptors (Lipinski definition) is 7. The van der Waals surface area contributed by atoms with Crippen molar-refractivity contribution < 1.29 is 29.5 Å². The summed E-state index contributed by atoms with van der Waals surface area (Å²) in [5.74, 6) is -1.75. The maximum absolute atomic E-state index is 11.6. The molecule has 0 radical (unpaired) electrons. The number of rotatable bonds is 5. The first-order chi connectivity index (χ1) is 10.5. The minimum absolute atomic E-state index is 0.0514. The third-order valence-corrected chi connectivity index (χ3v) is 2.66. The Morgan fingerprint density at radius 3 is 2.43 bits per heavy atom. The van der Waals surface area contributed by atoms with Gasteiger partial charge in [0, 0.05) is 12.1 Å². The molecule has 0 aliphatic carbocycles. The van der Waals surface area contributed by atoms with Crippen LogP contribution in [0.4, 0.5) is 10.5 Å². The van der Waals surface area contributed by atoms with E-state index >= 15 is 0 Å². The maximum Gasteiger partial charge on any atom is 0.408 e. The van der Waals surface area contributed by atoms with Crippen molar-refractivity contribution in [1.29, 1.82) is 0 Å². The summed E-state index contributed by atoms with van der Waals surface area (Å²) < 4.78 is 4.91. The zero-order chi connectivity index (χ0) is 17.8. The van der Waals surface area contributed by atoms with Gasteiger partial charge in [-0.25, -0.2) is 4.79 Å². The normalized spacial score (nSPS) is 13.7. The highest BCUT2D eigenvalue weighted by atomic mass is 16.6. The highest BCUT2D eigenvalue weighted by Crippen LogP contribution is 2.22. The molecule has 0 aromatic heterocycles. The predicted molar refractivity (Wildman–Crippen MR) is 76.2 cm³/mol. The van der Waals surface area contributed by atoms with Crippen LogP contribution in [0.1, 0.15) is 32.4 Å². The number of carbonyl (C=O) groups excluding carboxylic acids is 2. The minimum Gasteiger partial charge on any atom is -0.548 e. The number of nitrogens with zero attached hydrogens (tertiary/aromatic N) is 1. The molecule has 0 fully saturated rings. The molecule has 0 aliphatic rings. The van der Waals surface area contributed by atoms with Gasteiger partial charge in [0.1, 0.15) is 17.7 Å². The summed E-state index contributed by atoms with van der Waals surface area (Å²) in [5, 5.41) is 33.9. The number of nitro groups is 1. The van der Waals surface area contributed by atoms with Crippen molar-refractivity contribution >= 4 is 17.7 Å². The fourth-order valence-corrected chi connectivity index (χ4v) is 1.72. The van der Waals surface area contributed by atoms with E-state index < -0.39 is 34.7 Å². The molecule has 2 N–H and O–H groups in total. The van der Waals surface area contributed by atoms with Crippen LogP contribution in [0.5, 0.6) is 0 Å². The predicted octanol–water partition coefficient (Wildman–Crippen LogP) is 0.271. The summed E-state index contributed by atoms with van der Waals surface area (Å²) >= 11 is 0. The summed E-state index contributed by atoms with van der Waals surface area (Å²) in [7, 11) is 0. The van der Waals surface area contributed by atoms with Crippen molar-refractivity contribution in [3.8, 4) is 0 Å². The Morgan fingerprint density at radius 2 is 1.96 bits per heavy atom. The third kappa shape index (κ3) is 5.55. The summed E-state index contributed by atoms with van der Waals surface area (Å²) in [5.41, 5.74) is -1.24. The molecule has 1 aromatic rings. The number of nitrogens with one attached hydrogen (secondary N) is 1. The third-order valence-electron chi connectivity index (χ3n) is 2.66. The minimum atomic E-state index is -1.83. The van der Waals surface area contributed by atoms with E-state index in [1.807, 2.05) is 5.32 Å². The molecule has 9 heteroatoms. The van der Waals surface area contributed by atoms with Crippen LogP contribution < -0.4 is 10.4 Å². The molecule has 9 nitrogen and oxygen atoms in total. The molecule has 126 valence electrons. The smallest absolute Gasteiger partial charge is 0.408 e. The Bertz CT molecular complexity index is 609. The number of non-ortho nitro benzene ring substituents is 1. The first-order valence-electron chi connectivity index (χ1n) is 6.64. The second kappa shape index (κ2) is 7.05. The molecule has 0 spiro atoms. The number of aliphatic carboxylic acids is 1. The zero-order valence-electron chi connectivity index (χ0n) is 12.8. The van der Waals surface area contributed by atoms with E-state index in [0.717, 1.165) is 6.07 Å². The lowest BCUT2D eigenvalue weighted by Gasteiger charge is -2.27. The molecule has 1 aromatic carbocycles. The number of carbonyl (C=O) groups is 2. The highest BCUT2D eigenvalue weighted by molar-refractivity contribution is 5.79. The van der Waals surface area contributed by atoms with Gasteiger partial charge in [0.05, 0.1) is 10.9 Å². The highest BCUT2D eigenvalue weighted by Gasteiger charge is 2.27. The number of carboxylic acid groups (broad SMARTS) is 1. The standard InChI is InChI=1S/C14H18N2O7/c1-14(2,3)23-13(20)15-10(12(18)19)11(17)8-5-4-6-9(7-8)16(21)22/h4-7,10-11,17H,1-3H3,(H,15,20)(H,18,19)/p-1/t10-,11-/m1/s1. The van der Waals surface area contributed by atoms with Gasteiger partial charge in [-0.05, 0) is 26.3 Å². The number of ether oxygens (including phenoxy) is 1. The van der Waals surface area contributed by atoms with E-state index in [1.54, 1.807) is 20.8 Å². The maximum atomic E-state index is 11.6. The first kappa shape index (κ1) is 18.4. The lowest BCUT2D eigenvalue weighted by Crippen LogP contribution is -2.52. The average Bonchev–Trinajstić information content (AvgIpc) is 2.42. The van der Waals surface area contributed by atoms with Gasteiger partial charge in [0.15, 0.2) is 0 Å². The number of amides is 1. The number of alkyl carbamates (subject to hydrolysis) is 1. The summed E-state index contributed by atoms with van der Waals surface area (Å²) in [6.07, 6.45) is -2.80. The molecule has 1 amide bonds. The van der Waals surface area contributed by atoms with E-state index in [2.05, 4.69) is 0 Å². The molecule has 23 heavy (non-hydrogen) atoms. The number of nitro benzene ring substituents is 1. The van der Waals surface area contributed by atoms with Crippen molar-refractivity contribution in [3.05, 3.63) is 39.9 Å². The zero-order valence-corrected chi connectivity index (χ0v) is 12.8. The second-order valence-electron chi connectivity index (χ2n) is 5.74. The van der Waals surface area contributed by atoms with Crippen molar-refractivity contribution in [2.45, 2.75) is 38.5 Å². The van der Waals surface area contributed by atoms with Crippen molar-refractivity contribution in [1.82, 2.24) is 5.32 Å². The van der Waals surface area contributed by atoms with Gasteiger partial charge in [0.2, 0.25) is 0 Å². The van der Waals surface area contributed by atoms with Crippen molar-refractivity contribution in [2.24, 2.45) is 0 Å². The summed E-state index contributed by atoms with van der Waals surface area (Å²) in [4.78, 5) is 32.8. The molecule has 2 atom stereocenters. The number of aliphatic hydroxyl groups is 1. The van der Waals surface area contributed by atoms with Crippen LogP contribution in [0.2, 0.25) is 0 Å². The van der Waals surface area contributed by atoms with Crippen LogP contribution in [0.3, 0.4) is 0 Å². The molecule has 0 saturated heterocycles. The van der Waals surface area contributed by atoms with Crippen LogP contribution in [0.15, 0.2) is 24.3 Å². The number of benzene rings is 1. The van der Waals surface area contributed by atoms with Crippen LogP contribution in [-0.2, 0) is 9.53 Å². The van der Waals surface area contributed by atoms with Gasteiger partial charge < -0.3 is 25.1 Å². The van der Waals surface area contributed by atoms with Gasteiger partial charge in [-0.15, -0.1) is 0 Å². The Balaban J connectivity index is 2.97. The molecule has 0 bridgehead atoms. The SMILES string of the molecule is CC(C)(C)OC(=O)N[C@@H](C(=O)[O-])[C@H](O)c1cccc([N+](=O)[O-])c1. The Labute approximate surface area is 132 Å². The number of hydrogen-bond donors (Lipinski definition) is 2. The van der Waals surface area contributed by atoms with Crippen LogP contribution >= 0.6 is 0 Å². The fraction of sp³-hybridized carbons (Fsp3) is 0.429. The molecule has 0 aliphatic heterocycles. The van der Waals surface area contributed by atoms with Crippen molar-refractivity contribution in [2.75, 3.05) is 0 Å². The van der Waals surface area contributed by atoms with Gasteiger partial charge >= 0.3 is 6.09 Å². The van der Waals surface area contributed by atoms with E-state index in [4.69, 9.17) is 4.74 Å². The molecule has 1 rings (SSSR count). The fourth-order valence-electron chi connectivity index (χ4n) is 1.72. The molecular formula is C14H17N2O7-. The largest absolute Gasteiger partial charge is 0.548 e. The van der Waals surface area contributed by atoms with Gasteiger partial charge in [-0.3, -0.25) is 10.1 Å². The van der Waals surface area contributed by atoms with E-state index in [1.165, 1.54) is 18.2 Å². The van der Waals surface area contributed by atoms with Crippen LogP contribution in [0, 0.1) is 10.1 Å². The quantitative estimate of drug-likeness (QED) is 0.584. The number of carboxylic acids is 1. The Hall–Kier alpha value is -2.68.